The molecule has 0 atom stereocenters. The van der Waals surface area contributed by atoms with Crippen LogP contribution in [0.1, 0.15) is 17.5 Å². The van der Waals surface area contributed by atoms with Crippen LogP contribution < -0.4 is 10.4 Å². The molecule has 0 amide bonds. The van der Waals surface area contributed by atoms with Gasteiger partial charge >= 0.3 is 0 Å². The Kier molecular flexibility index (Phi) is 6.75. The van der Waals surface area contributed by atoms with Gasteiger partial charge in [0.25, 0.3) is 8.32 Å². The molecular formula is C31H28NO2Si. The SMILES string of the molecule is C[Si](O[C](C(=O)CCc1ccccc1)c1cccc2cc[nH]c12)(c1ccccc1)c1ccccc1. The third-order valence-electron chi connectivity index (χ3n) is 6.52. The van der Waals surface area contributed by atoms with E-state index in [0.29, 0.717) is 18.9 Å². The lowest BCUT2D eigenvalue weighted by molar-refractivity contribution is -0.119. The maximum atomic E-state index is 13.9. The Bertz CT molecular complexity index is 1360. The molecule has 3 nitrogen and oxygen atoms in total. The van der Waals surface area contributed by atoms with Gasteiger partial charge in [-0.1, -0.05) is 109 Å². The van der Waals surface area contributed by atoms with Crippen LogP contribution in [0.15, 0.2) is 121 Å². The average Bonchev–Trinajstić information content (AvgIpc) is 3.41. The molecule has 5 aromatic rings. The molecule has 35 heavy (non-hydrogen) atoms. The van der Waals surface area contributed by atoms with Crippen molar-refractivity contribution in [2.45, 2.75) is 19.4 Å². The molecule has 4 heteroatoms. The summed E-state index contributed by atoms with van der Waals surface area (Å²) in [5.74, 6) is 0.0153. The van der Waals surface area contributed by atoms with E-state index in [1.54, 1.807) is 0 Å². The van der Waals surface area contributed by atoms with Gasteiger partial charge in [0.15, 0.2) is 11.9 Å². The van der Waals surface area contributed by atoms with Gasteiger partial charge in [-0.05, 0) is 40.4 Å². The number of ketones is 1. The highest BCUT2D eigenvalue weighted by atomic mass is 28.4. The number of para-hydroxylation sites is 1. The minimum absolute atomic E-state index is 0.0153. The van der Waals surface area contributed by atoms with Gasteiger partial charge in [-0.15, -0.1) is 0 Å². The van der Waals surface area contributed by atoms with Gasteiger partial charge in [-0.25, -0.2) is 0 Å². The third-order valence-corrected chi connectivity index (χ3v) is 10.0. The Balaban J connectivity index is 1.57. The van der Waals surface area contributed by atoms with E-state index in [2.05, 4.69) is 47.9 Å². The molecule has 1 radical (unpaired) electrons. The number of carbonyl (C=O) groups is 1. The van der Waals surface area contributed by atoms with Crippen LogP contribution in [0.2, 0.25) is 6.55 Å². The number of hydrogen-bond donors (Lipinski definition) is 1. The largest absolute Gasteiger partial charge is 0.389 e. The van der Waals surface area contributed by atoms with Crippen LogP contribution in [-0.4, -0.2) is 19.1 Å². The molecule has 1 aromatic heterocycles. The Morgan fingerprint density at radius 1 is 0.743 bits per heavy atom. The number of Topliss-reactive ketones (excluding diaryl/α,β-unsaturated/α-hetero) is 1. The minimum Gasteiger partial charge on any atom is -0.389 e. The van der Waals surface area contributed by atoms with Gasteiger partial charge in [0.1, 0.15) is 0 Å². The van der Waals surface area contributed by atoms with Crippen molar-refractivity contribution in [3.05, 3.63) is 139 Å². The summed E-state index contributed by atoms with van der Waals surface area (Å²) in [6, 6.07) is 38.8. The molecule has 0 saturated heterocycles. The second-order valence-corrected chi connectivity index (χ2v) is 12.3. The predicted octanol–water partition coefficient (Wildman–Crippen LogP) is 5.66. The lowest BCUT2D eigenvalue weighted by atomic mass is 9.98. The van der Waals surface area contributed by atoms with E-state index in [1.165, 1.54) is 0 Å². The number of rotatable bonds is 9. The summed E-state index contributed by atoms with van der Waals surface area (Å²) in [6.45, 7) is 2.18. The van der Waals surface area contributed by atoms with Crippen molar-refractivity contribution >= 4 is 35.4 Å². The zero-order chi connectivity index (χ0) is 24.1. The predicted molar refractivity (Wildman–Crippen MR) is 145 cm³/mol. The van der Waals surface area contributed by atoms with Crippen molar-refractivity contribution in [3.63, 3.8) is 0 Å². The van der Waals surface area contributed by atoms with Crippen LogP contribution >= 0.6 is 0 Å². The molecular weight excluding hydrogens is 446 g/mol. The van der Waals surface area contributed by atoms with Gasteiger partial charge in [0.2, 0.25) is 0 Å². The van der Waals surface area contributed by atoms with E-state index in [0.717, 1.165) is 32.4 Å². The van der Waals surface area contributed by atoms with Crippen LogP contribution in [0.3, 0.4) is 0 Å². The quantitative estimate of drug-likeness (QED) is 0.280. The molecule has 0 unspecified atom stereocenters. The number of carbonyl (C=O) groups excluding carboxylic acids is 1. The van der Waals surface area contributed by atoms with Crippen LogP contribution in [0, 0.1) is 6.10 Å². The van der Waals surface area contributed by atoms with Gasteiger partial charge < -0.3 is 9.41 Å². The fourth-order valence-electron chi connectivity index (χ4n) is 4.55. The van der Waals surface area contributed by atoms with Crippen LogP contribution in [0.4, 0.5) is 0 Å². The van der Waals surface area contributed by atoms with E-state index in [9.17, 15) is 4.79 Å². The highest BCUT2D eigenvalue weighted by molar-refractivity contribution is 6.96. The molecule has 0 fully saturated rings. The standard InChI is InChI=1S/C31H28NO2Si/c1-35(26-15-7-3-8-16-26,27-17-9-4-10-18-27)34-31(28-19-11-14-25-22-23-32-30(25)28)29(33)21-20-24-12-5-2-6-13-24/h2-19,22-23,32H,20-21H2,1H3. The molecule has 0 aliphatic carbocycles. The summed E-state index contributed by atoms with van der Waals surface area (Å²) in [5, 5.41) is 3.30. The Morgan fingerprint density at radius 3 is 1.97 bits per heavy atom. The fourth-order valence-corrected chi connectivity index (χ4v) is 7.41. The summed E-state index contributed by atoms with van der Waals surface area (Å²) in [4.78, 5) is 17.2. The van der Waals surface area contributed by atoms with Crippen molar-refractivity contribution in [1.82, 2.24) is 4.98 Å². The van der Waals surface area contributed by atoms with Crippen molar-refractivity contribution in [1.29, 1.82) is 0 Å². The first-order chi connectivity index (χ1) is 17.1. The van der Waals surface area contributed by atoms with Crippen molar-refractivity contribution in [2.24, 2.45) is 0 Å². The molecule has 0 aliphatic rings. The molecule has 0 bridgehead atoms. The number of nitrogens with one attached hydrogen (secondary N) is 1. The topological polar surface area (TPSA) is 42.1 Å². The van der Waals surface area contributed by atoms with E-state index >= 15 is 0 Å². The summed E-state index contributed by atoms with van der Waals surface area (Å²) in [6.07, 6.45) is 3.40. The first-order valence-electron chi connectivity index (χ1n) is 12.0. The van der Waals surface area contributed by atoms with Gasteiger partial charge in [0.05, 0.1) is 5.52 Å². The molecule has 1 heterocycles. The van der Waals surface area contributed by atoms with E-state index in [-0.39, 0.29) is 5.78 Å². The normalized spacial score (nSPS) is 11.7. The van der Waals surface area contributed by atoms with Gasteiger partial charge in [-0.3, -0.25) is 4.79 Å². The Hall–Kier alpha value is -3.73. The second-order valence-electron chi connectivity index (χ2n) is 8.85. The van der Waals surface area contributed by atoms with Gasteiger partial charge in [-0.2, -0.15) is 0 Å². The number of aromatic amines is 1. The summed E-state index contributed by atoms with van der Waals surface area (Å²) < 4.78 is 7.01. The third kappa shape index (κ3) is 4.90. The lowest BCUT2D eigenvalue weighted by Crippen LogP contribution is -2.59. The minimum atomic E-state index is -2.76. The monoisotopic (exact) mass is 474 g/mol. The Morgan fingerprint density at radius 2 is 1.34 bits per heavy atom. The average molecular weight is 475 g/mol. The number of aryl methyl sites for hydroxylation is 1. The zero-order valence-corrected chi connectivity index (χ0v) is 20.8. The number of benzene rings is 4. The number of aromatic nitrogens is 1. The number of fused-ring (bicyclic) bond motifs is 1. The van der Waals surface area contributed by atoms with Crippen LogP contribution in [-0.2, 0) is 15.6 Å². The van der Waals surface area contributed by atoms with Gasteiger partial charge in [0, 0.05) is 18.2 Å². The molecule has 173 valence electrons. The molecule has 1 N–H and O–H groups in total. The highest BCUT2D eigenvalue weighted by Crippen LogP contribution is 2.30. The maximum Gasteiger partial charge on any atom is 0.254 e. The van der Waals surface area contributed by atoms with E-state index < -0.39 is 8.32 Å². The Labute approximate surface area is 207 Å². The van der Waals surface area contributed by atoms with Crippen molar-refractivity contribution in [2.75, 3.05) is 0 Å². The van der Waals surface area contributed by atoms with Crippen LogP contribution in [0.5, 0.6) is 0 Å². The smallest absolute Gasteiger partial charge is 0.254 e. The molecule has 4 aromatic carbocycles. The first kappa shape index (κ1) is 23.0. The highest BCUT2D eigenvalue weighted by Gasteiger charge is 2.40. The second kappa shape index (κ2) is 10.3. The number of H-pyrrole nitrogens is 1. The lowest BCUT2D eigenvalue weighted by Gasteiger charge is -2.32. The summed E-state index contributed by atoms with van der Waals surface area (Å²) in [5.41, 5.74) is 2.88. The molecule has 0 saturated carbocycles. The molecule has 0 spiro atoms. The summed E-state index contributed by atoms with van der Waals surface area (Å²) >= 11 is 0. The molecule has 5 rings (SSSR count). The summed E-state index contributed by atoms with van der Waals surface area (Å²) in [7, 11) is -2.76. The zero-order valence-electron chi connectivity index (χ0n) is 19.8. The van der Waals surface area contributed by atoms with E-state index in [4.69, 9.17) is 4.43 Å². The first-order valence-corrected chi connectivity index (χ1v) is 14.4. The maximum absolute atomic E-state index is 13.9. The van der Waals surface area contributed by atoms with E-state index in [1.807, 2.05) is 85.1 Å². The van der Waals surface area contributed by atoms with Crippen molar-refractivity contribution in [3.8, 4) is 0 Å². The number of hydrogen-bond acceptors (Lipinski definition) is 2. The van der Waals surface area contributed by atoms with Crippen molar-refractivity contribution < 1.29 is 9.22 Å². The fraction of sp³-hybridized carbons (Fsp3) is 0.0968. The van der Waals surface area contributed by atoms with Crippen LogP contribution in [0.25, 0.3) is 10.9 Å². The molecule has 0 aliphatic heterocycles.